The SMILES string of the molecule is CN(Cc1ccc2ccccc2n1)CC1(O)CCOCC1. The van der Waals surface area contributed by atoms with E-state index in [1.807, 2.05) is 25.2 Å². The monoisotopic (exact) mass is 286 g/mol. The predicted molar refractivity (Wildman–Crippen MR) is 83.1 cm³/mol. The van der Waals surface area contributed by atoms with Crippen molar-refractivity contribution in [3.63, 3.8) is 0 Å². The highest BCUT2D eigenvalue weighted by molar-refractivity contribution is 5.78. The highest BCUT2D eigenvalue weighted by atomic mass is 16.5. The molecule has 0 amide bonds. The average Bonchev–Trinajstić information content (AvgIpc) is 2.47. The molecule has 21 heavy (non-hydrogen) atoms. The van der Waals surface area contributed by atoms with Gasteiger partial charge in [-0.2, -0.15) is 0 Å². The van der Waals surface area contributed by atoms with Crippen LogP contribution >= 0.6 is 0 Å². The lowest BCUT2D eigenvalue weighted by Crippen LogP contribution is -2.45. The maximum Gasteiger partial charge on any atom is 0.0817 e. The summed E-state index contributed by atoms with van der Waals surface area (Å²) in [5.41, 5.74) is 1.43. The highest BCUT2D eigenvalue weighted by Crippen LogP contribution is 2.22. The van der Waals surface area contributed by atoms with Crippen LogP contribution in [0.3, 0.4) is 0 Å². The van der Waals surface area contributed by atoms with Gasteiger partial charge in [0.25, 0.3) is 0 Å². The summed E-state index contributed by atoms with van der Waals surface area (Å²) >= 11 is 0. The van der Waals surface area contributed by atoms with Crippen molar-refractivity contribution in [2.45, 2.75) is 25.0 Å². The fourth-order valence-electron chi connectivity index (χ4n) is 2.94. The molecule has 0 bridgehead atoms. The summed E-state index contributed by atoms with van der Waals surface area (Å²) in [6, 6.07) is 12.3. The van der Waals surface area contributed by atoms with E-state index >= 15 is 0 Å². The van der Waals surface area contributed by atoms with E-state index in [4.69, 9.17) is 4.74 Å². The van der Waals surface area contributed by atoms with E-state index < -0.39 is 5.60 Å². The topological polar surface area (TPSA) is 45.6 Å². The molecule has 0 atom stereocenters. The van der Waals surface area contributed by atoms with Gasteiger partial charge in [0, 0.05) is 44.5 Å². The molecule has 2 heterocycles. The number of ether oxygens (including phenoxy) is 1. The molecule has 1 fully saturated rings. The molecular weight excluding hydrogens is 264 g/mol. The first-order valence-corrected chi connectivity index (χ1v) is 7.48. The van der Waals surface area contributed by atoms with Crippen LogP contribution < -0.4 is 0 Å². The van der Waals surface area contributed by atoms with Crippen molar-refractivity contribution in [2.75, 3.05) is 26.8 Å². The van der Waals surface area contributed by atoms with Crippen LogP contribution in [0.4, 0.5) is 0 Å². The number of rotatable bonds is 4. The van der Waals surface area contributed by atoms with E-state index in [-0.39, 0.29) is 0 Å². The molecule has 1 aliphatic heterocycles. The Balaban J connectivity index is 1.66. The summed E-state index contributed by atoms with van der Waals surface area (Å²) in [5.74, 6) is 0. The number of fused-ring (bicyclic) bond motifs is 1. The van der Waals surface area contributed by atoms with Crippen LogP contribution in [0.15, 0.2) is 36.4 Å². The maximum atomic E-state index is 10.5. The fourth-order valence-corrected chi connectivity index (χ4v) is 2.94. The first kappa shape index (κ1) is 14.4. The Morgan fingerprint density at radius 2 is 1.95 bits per heavy atom. The third kappa shape index (κ3) is 3.59. The molecule has 0 saturated carbocycles. The molecule has 0 unspecified atom stereocenters. The summed E-state index contributed by atoms with van der Waals surface area (Å²) in [7, 11) is 2.03. The average molecular weight is 286 g/mol. The second-order valence-electron chi connectivity index (χ2n) is 6.00. The van der Waals surface area contributed by atoms with Gasteiger partial charge in [-0.05, 0) is 19.2 Å². The van der Waals surface area contributed by atoms with Crippen LogP contribution in [-0.2, 0) is 11.3 Å². The molecule has 2 aromatic rings. The molecule has 3 rings (SSSR count). The van der Waals surface area contributed by atoms with Gasteiger partial charge in [0.05, 0.1) is 16.8 Å². The Morgan fingerprint density at radius 3 is 2.76 bits per heavy atom. The summed E-state index contributed by atoms with van der Waals surface area (Å²) in [6.07, 6.45) is 1.42. The lowest BCUT2D eigenvalue weighted by Gasteiger charge is -2.35. The Morgan fingerprint density at radius 1 is 1.19 bits per heavy atom. The van der Waals surface area contributed by atoms with E-state index in [1.54, 1.807) is 0 Å². The molecular formula is C17H22N2O2. The zero-order chi connectivity index (χ0) is 14.7. The smallest absolute Gasteiger partial charge is 0.0817 e. The molecule has 1 aliphatic rings. The number of pyridine rings is 1. The van der Waals surface area contributed by atoms with Gasteiger partial charge in [0.1, 0.15) is 0 Å². The van der Waals surface area contributed by atoms with Crippen molar-refractivity contribution < 1.29 is 9.84 Å². The number of hydrogen-bond acceptors (Lipinski definition) is 4. The second-order valence-corrected chi connectivity index (χ2v) is 6.00. The number of hydrogen-bond donors (Lipinski definition) is 1. The lowest BCUT2D eigenvalue weighted by molar-refractivity contribution is -0.0778. The van der Waals surface area contributed by atoms with Crippen molar-refractivity contribution in [1.82, 2.24) is 9.88 Å². The van der Waals surface area contributed by atoms with Crippen LogP contribution in [0, 0.1) is 0 Å². The molecule has 1 aromatic carbocycles. The van der Waals surface area contributed by atoms with Crippen molar-refractivity contribution in [3.05, 3.63) is 42.1 Å². The van der Waals surface area contributed by atoms with Gasteiger partial charge in [0.2, 0.25) is 0 Å². The molecule has 0 spiro atoms. The highest BCUT2D eigenvalue weighted by Gasteiger charge is 2.30. The quantitative estimate of drug-likeness (QED) is 0.936. The van der Waals surface area contributed by atoms with Gasteiger partial charge in [-0.15, -0.1) is 0 Å². The number of aromatic nitrogens is 1. The zero-order valence-electron chi connectivity index (χ0n) is 12.5. The van der Waals surface area contributed by atoms with Crippen molar-refractivity contribution in [3.8, 4) is 0 Å². The predicted octanol–water partition coefficient (Wildman–Crippen LogP) is 2.21. The molecule has 4 nitrogen and oxygen atoms in total. The minimum absolute atomic E-state index is 0.621. The number of nitrogens with zero attached hydrogens (tertiary/aromatic N) is 2. The standard InChI is InChI=1S/C17H22N2O2/c1-19(13-17(20)8-10-21-11-9-17)12-15-7-6-14-4-2-3-5-16(14)18-15/h2-7,20H,8-13H2,1H3. The number of para-hydroxylation sites is 1. The van der Waals surface area contributed by atoms with E-state index in [2.05, 4.69) is 28.1 Å². The molecule has 0 aliphatic carbocycles. The summed E-state index contributed by atoms with van der Waals surface area (Å²) in [6.45, 7) is 2.70. The third-order valence-corrected chi connectivity index (χ3v) is 4.08. The van der Waals surface area contributed by atoms with Gasteiger partial charge < -0.3 is 9.84 Å². The van der Waals surface area contributed by atoms with Gasteiger partial charge in [-0.1, -0.05) is 24.3 Å². The van der Waals surface area contributed by atoms with Crippen molar-refractivity contribution in [1.29, 1.82) is 0 Å². The minimum Gasteiger partial charge on any atom is -0.388 e. The molecule has 4 heteroatoms. The maximum absolute atomic E-state index is 10.5. The van der Waals surface area contributed by atoms with Gasteiger partial charge in [0.15, 0.2) is 0 Å². The Kier molecular flexibility index (Phi) is 4.19. The molecule has 1 aromatic heterocycles. The fraction of sp³-hybridized carbons (Fsp3) is 0.471. The Hall–Kier alpha value is -1.49. The van der Waals surface area contributed by atoms with E-state index in [1.165, 1.54) is 0 Å². The normalized spacial score (nSPS) is 18.2. The summed E-state index contributed by atoms with van der Waals surface area (Å²) in [4.78, 5) is 6.82. The Labute approximate surface area is 125 Å². The van der Waals surface area contributed by atoms with Crippen LogP contribution in [0.5, 0.6) is 0 Å². The second kappa shape index (κ2) is 6.10. The van der Waals surface area contributed by atoms with Crippen LogP contribution in [0.2, 0.25) is 0 Å². The number of likely N-dealkylation sites (N-methyl/N-ethyl adjacent to an activating group) is 1. The molecule has 1 N–H and O–H groups in total. The van der Waals surface area contributed by atoms with E-state index in [0.717, 1.165) is 23.1 Å². The van der Waals surface area contributed by atoms with E-state index in [9.17, 15) is 5.11 Å². The van der Waals surface area contributed by atoms with Crippen molar-refractivity contribution >= 4 is 10.9 Å². The van der Waals surface area contributed by atoms with Crippen LogP contribution in [0.25, 0.3) is 10.9 Å². The minimum atomic E-state index is -0.621. The van der Waals surface area contributed by atoms with Gasteiger partial charge >= 0.3 is 0 Å². The molecule has 0 radical (unpaired) electrons. The first-order chi connectivity index (χ1) is 10.1. The largest absolute Gasteiger partial charge is 0.388 e. The number of aliphatic hydroxyl groups is 1. The van der Waals surface area contributed by atoms with Gasteiger partial charge in [-0.25, -0.2) is 0 Å². The lowest BCUT2D eigenvalue weighted by atomic mass is 9.94. The molecule has 1 saturated heterocycles. The summed E-state index contributed by atoms with van der Waals surface area (Å²) < 4.78 is 5.32. The van der Waals surface area contributed by atoms with E-state index in [0.29, 0.717) is 32.6 Å². The van der Waals surface area contributed by atoms with Crippen LogP contribution in [-0.4, -0.2) is 47.4 Å². The first-order valence-electron chi connectivity index (χ1n) is 7.48. The molecule has 112 valence electrons. The van der Waals surface area contributed by atoms with Crippen molar-refractivity contribution in [2.24, 2.45) is 0 Å². The Bertz CT molecular complexity index is 609. The third-order valence-electron chi connectivity index (χ3n) is 4.08. The van der Waals surface area contributed by atoms with Crippen LogP contribution in [0.1, 0.15) is 18.5 Å². The number of benzene rings is 1. The summed E-state index contributed by atoms with van der Waals surface area (Å²) in [5, 5.41) is 11.7. The van der Waals surface area contributed by atoms with Gasteiger partial charge in [-0.3, -0.25) is 9.88 Å². The zero-order valence-corrected chi connectivity index (χ0v) is 12.5.